The van der Waals surface area contributed by atoms with Crippen molar-refractivity contribution >= 4 is 84.9 Å². The summed E-state index contributed by atoms with van der Waals surface area (Å²) in [4.78, 5) is 54.6. The molecule has 0 saturated carbocycles. The van der Waals surface area contributed by atoms with Crippen molar-refractivity contribution in [2.45, 2.75) is 84.4 Å². The van der Waals surface area contributed by atoms with Crippen LogP contribution >= 0.6 is 49.6 Å². The lowest BCUT2D eigenvalue weighted by atomic mass is 9.87. The summed E-state index contributed by atoms with van der Waals surface area (Å²) in [5, 5.41) is 3.31. The number of benzene rings is 3. The van der Waals surface area contributed by atoms with Gasteiger partial charge in [0.15, 0.2) is 0 Å². The Bertz CT molecular complexity index is 1810. The number of esters is 4. The molecule has 0 aliphatic carbocycles. The number of unbranched alkanes of at least 4 members (excludes halogenated alkanes) is 1. The number of nitrogens with two attached hydrogens (primary N) is 1. The molecular formula is C48H75Cl4N5O9. The molecule has 5 rings (SSSR count). The first-order chi connectivity index (χ1) is 29.9. The van der Waals surface area contributed by atoms with Crippen molar-refractivity contribution in [1.82, 2.24) is 14.7 Å². The van der Waals surface area contributed by atoms with Crippen LogP contribution in [-0.2, 0) is 23.7 Å². The molecule has 2 aliphatic rings. The lowest BCUT2D eigenvalue weighted by Crippen LogP contribution is -2.53. The first-order valence-electron chi connectivity index (χ1n) is 22.0. The average molecular weight is 1010 g/mol. The Kier molecular flexibility index (Phi) is 34.1. The summed E-state index contributed by atoms with van der Waals surface area (Å²) >= 11 is 0. The van der Waals surface area contributed by atoms with Gasteiger partial charge < -0.3 is 44.5 Å². The summed E-state index contributed by atoms with van der Waals surface area (Å²) in [5.74, 6) is -1.07. The van der Waals surface area contributed by atoms with Crippen LogP contribution in [-0.4, -0.2) is 138 Å². The molecule has 3 N–H and O–H groups in total. The van der Waals surface area contributed by atoms with Gasteiger partial charge in [0.2, 0.25) is 0 Å². The highest BCUT2D eigenvalue weighted by Gasteiger charge is 2.51. The number of anilines is 2. The normalized spacial score (nSPS) is 16.7. The van der Waals surface area contributed by atoms with Crippen LogP contribution in [0.4, 0.5) is 11.4 Å². The van der Waals surface area contributed by atoms with E-state index in [1.807, 2.05) is 51.2 Å². The molecule has 374 valence electrons. The summed E-state index contributed by atoms with van der Waals surface area (Å²) in [5.41, 5.74) is 8.94. The van der Waals surface area contributed by atoms with Crippen molar-refractivity contribution in [3.63, 3.8) is 0 Å². The number of fused-ring (bicyclic) bond motifs is 2. The van der Waals surface area contributed by atoms with E-state index in [4.69, 9.17) is 29.4 Å². The topological polar surface area (TPSA) is 162 Å². The lowest BCUT2D eigenvalue weighted by molar-refractivity contribution is -0.156. The van der Waals surface area contributed by atoms with E-state index in [0.717, 1.165) is 64.1 Å². The van der Waals surface area contributed by atoms with Crippen molar-refractivity contribution in [3.05, 3.63) is 89.5 Å². The van der Waals surface area contributed by atoms with Crippen LogP contribution in [0, 0.1) is 5.92 Å². The van der Waals surface area contributed by atoms with Gasteiger partial charge >= 0.3 is 23.9 Å². The first-order valence-corrected chi connectivity index (χ1v) is 22.0. The number of halogens is 4. The number of nitrogen functional groups attached to an aromatic ring is 1. The second kappa shape index (κ2) is 35.2. The Balaban J connectivity index is 0. The molecule has 66 heavy (non-hydrogen) atoms. The van der Waals surface area contributed by atoms with E-state index in [0.29, 0.717) is 60.4 Å². The fourth-order valence-electron chi connectivity index (χ4n) is 7.21. The zero-order valence-electron chi connectivity index (χ0n) is 39.9. The minimum absolute atomic E-state index is 0. The Morgan fingerprint density at radius 3 is 1.89 bits per heavy atom. The summed E-state index contributed by atoms with van der Waals surface area (Å²) in [6.45, 7) is 14.1. The molecule has 2 bridgehead atoms. The highest BCUT2D eigenvalue weighted by Crippen LogP contribution is 2.40. The summed E-state index contributed by atoms with van der Waals surface area (Å²) in [6.07, 6.45) is 5.49. The highest BCUT2D eigenvalue weighted by atomic mass is 35.5. The van der Waals surface area contributed by atoms with E-state index in [9.17, 15) is 19.2 Å². The lowest BCUT2D eigenvalue weighted by Gasteiger charge is -2.40. The van der Waals surface area contributed by atoms with Gasteiger partial charge in [0, 0.05) is 43.8 Å². The van der Waals surface area contributed by atoms with E-state index in [2.05, 4.69) is 35.9 Å². The molecule has 2 fully saturated rings. The van der Waals surface area contributed by atoms with E-state index in [1.54, 1.807) is 54.6 Å². The number of rotatable bonds is 20. The zero-order chi connectivity index (χ0) is 45.4. The van der Waals surface area contributed by atoms with Gasteiger partial charge in [0.05, 0.1) is 36.1 Å². The number of hydrogen-bond acceptors (Lipinski definition) is 14. The van der Waals surface area contributed by atoms with Crippen LogP contribution < -0.4 is 15.8 Å². The number of hydrogen-bond donors (Lipinski definition) is 2. The summed E-state index contributed by atoms with van der Waals surface area (Å²) in [6, 6.07) is 21.8. The number of carbonyl (C=O) groups excluding carboxylic acids is 4. The molecule has 0 radical (unpaired) electrons. The van der Waals surface area contributed by atoms with E-state index in [-0.39, 0.29) is 79.5 Å². The Hall–Kier alpha value is -4.02. The second-order valence-electron chi connectivity index (χ2n) is 15.6. The molecule has 3 aromatic carbocycles. The predicted octanol–water partition coefficient (Wildman–Crippen LogP) is 8.73. The number of methoxy groups -OCH3 is 1. The van der Waals surface area contributed by atoms with Crippen LogP contribution in [0.25, 0.3) is 0 Å². The fourth-order valence-corrected chi connectivity index (χ4v) is 7.21. The third-order valence-electron chi connectivity index (χ3n) is 10.9. The van der Waals surface area contributed by atoms with Gasteiger partial charge in [-0.05, 0) is 115 Å². The number of piperidine rings is 1. The van der Waals surface area contributed by atoms with Crippen molar-refractivity contribution in [1.29, 1.82) is 0 Å². The monoisotopic (exact) mass is 1010 g/mol. The maximum atomic E-state index is 12.3. The molecule has 0 unspecified atom stereocenters. The molecule has 14 nitrogen and oxygen atoms in total. The van der Waals surface area contributed by atoms with Crippen LogP contribution in [0.2, 0.25) is 0 Å². The number of ether oxygens (including phenoxy) is 5. The van der Waals surface area contributed by atoms with Crippen LogP contribution in [0.1, 0.15) is 97.3 Å². The zero-order valence-corrected chi connectivity index (χ0v) is 43.1. The summed E-state index contributed by atoms with van der Waals surface area (Å²) < 4.78 is 26.5. The van der Waals surface area contributed by atoms with Crippen LogP contribution in [0.15, 0.2) is 72.8 Å². The van der Waals surface area contributed by atoms with Gasteiger partial charge in [-0.25, -0.2) is 14.4 Å². The Morgan fingerprint density at radius 1 is 0.742 bits per heavy atom. The molecule has 18 heteroatoms. The summed E-state index contributed by atoms with van der Waals surface area (Å²) in [7, 11) is 7.32. The van der Waals surface area contributed by atoms with E-state index >= 15 is 0 Å². The number of likely N-dealkylation sites (N-methyl/N-ethyl adjacent to an activating group) is 2. The van der Waals surface area contributed by atoms with Crippen molar-refractivity contribution in [2.24, 2.45) is 5.92 Å². The minimum Gasteiger partial charge on any atom is -0.491 e. The largest absolute Gasteiger partial charge is 0.491 e. The third-order valence-corrected chi connectivity index (χ3v) is 10.9. The van der Waals surface area contributed by atoms with Gasteiger partial charge in [0.25, 0.3) is 0 Å². The van der Waals surface area contributed by atoms with Crippen molar-refractivity contribution in [2.75, 3.05) is 91.8 Å². The van der Waals surface area contributed by atoms with E-state index in [1.165, 1.54) is 13.5 Å². The van der Waals surface area contributed by atoms with Crippen molar-refractivity contribution < 1.29 is 42.9 Å². The Labute approximate surface area is 417 Å². The van der Waals surface area contributed by atoms with E-state index < -0.39 is 12.0 Å². The fraction of sp³-hybridized carbons (Fsp3) is 0.542. The van der Waals surface area contributed by atoms with Gasteiger partial charge in [0.1, 0.15) is 31.0 Å². The van der Waals surface area contributed by atoms with Gasteiger partial charge in [-0.3, -0.25) is 9.69 Å². The molecule has 0 spiro atoms. The van der Waals surface area contributed by atoms with Gasteiger partial charge in [-0.1, -0.05) is 52.3 Å². The standard InChI is InChI=1S/C17H21NO4.C16H26N2O3.C15H24N2O2.4ClH/c1-18-12-8-9-13(18)15(17(20)21-2)14(10-12)22-16(19)11-6-4-3-5-7-11;1-4-10-20-15-8-7-13(12-14(15)17)16(19)21-11-9-18(5-2)6-3;1-4-5-10-16-14-8-6-13(7-9-14)15(18)19-12-11-17(2)3;;;;/h3-7,12-15H,8-10H2,1-2H3;7-8,12H,4-6,9-11,17H2,1-3H3;6-9,16H,4-5,10-12H2,1-3H3;4*1H/t12-,13+,14-,15+;;;;;;/m0....../s1. The van der Waals surface area contributed by atoms with Crippen molar-refractivity contribution in [3.8, 4) is 5.75 Å². The molecule has 3 aromatic rings. The highest BCUT2D eigenvalue weighted by molar-refractivity contribution is 5.91. The van der Waals surface area contributed by atoms with Crippen LogP contribution in [0.3, 0.4) is 0 Å². The molecule has 2 saturated heterocycles. The average Bonchev–Trinajstić information content (AvgIpc) is 3.51. The minimum atomic E-state index is -0.408. The van der Waals surface area contributed by atoms with Gasteiger partial charge in [-0.15, -0.1) is 49.6 Å². The maximum Gasteiger partial charge on any atom is 0.338 e. The SMILES string of the molecule is CCCCNc1ccc(C(=O)OCCN(C)C)cc1.CCCOc1ccc(C(=O)OCCN(CC)CC)cc1N.COC(=O)[C@H]1[C@@H](OC(=O)c2ccccc2)C[C@@H]2CC[C@H]1N2C.Cl.Cl.Cl.Cl. The number of nitrogens with zero attached hydrogens (tertiary/aromatic N) is 3. The number of nitrogens with one attached hydrogen (secondary N) is 1. The Morgan fingerprint density at radius 2 is 1.33 bits per heavy atom. The van der Waals surface area contributed by atoms with Gasteiger partial charge in [-0.2, -0.15) is 0 Å². The quantitative estimate of drug-likeness (QED) is 0.0478. The molecule has 2 heterocycles. The predicted molar refractivity (Wildman–Crippen MR) is 273 cm³/mol. The third kappa shape index (κ3) is 21.3. The maximum absolute atomic E-state index is 12.3. The molecular weight excluding hydrogens is 932 g/mol. The van der Waals surface area contributed by atoms with Crippen LogP contribution in [0.5, 0.6) is 5.75 Å². The number of carbonyl (C=O) groups is 4. The molecule has 0 amide bonds. The smallest absolute Gasteiger partial charge is 0.338 e. The molecule has 2 aliphatic heterocycles. The first kappa shape index (κ1) is 64.1. The molecule has 0 aromatic heterocycles. The molecule has 4 atom stereocenters. The second-order valence-corrected chi connectivity index (χ2v) is 15.6.